The SMILES string of the molecule is C=CCOC(=O)C(=O)OC(C)=O. The summed E-state index contributed by atoms with van der Waals surface area (Å²) in [5.74, 6) is -3.37. The molecule has 66 valence electrons. The van der Waals surface area contributed by atoms with E-state index in [2.05, 4.69) is 16.1 Å². The Balaban J connectivity index is 3.85. The van der Waals surface area contributed by atoms with Gasteiger partial charge in [0.05, 0.1) is 0 Å². The molecule has 0 rings (SSSR count). The van der Waals surface area contributed by atoms with Crippen LogP contribution in [0.1, 0.15) is 6.92 Å². The zero-order valence-electron chi connectivity index (χ0n) is 6.53. The van der Waals surface area contributed by atoms with Crippen molar-refractivity contribution in [2.24, 2.45) is 0 Å². The van der Waals surface area contributed by atoms with Gasteiger partial charge in [-0.3, -0.25) is 4.79 Å². The summed E-state index contributed by atoms with van der Waals surface area (Å²) in [6.07, 6.45) is 1.29. The Kier molecular flexibility index (Phi) is 4.36. The first-order chi connectivity index (χ1) is 5.57. The second kappa shape index (κ2) is 5.06. The highest BCUT2D eigenvalue weighted by molar-refractivity contribution is 6.31. The lowest BCUT2D eigenvalue weighted by atomic mass is 10.6. The van der Waals surface area contributed by atoms with Crippen LogP contribution in [0.15, 0.2) is 12.7 Å². The summed E-state index contributed by atoms with van der Waals surface area (Å²) < 4.78 is 8.19. The highest BCUT2D eigenvalue weighted by atomic mass is 16.6. The molecule has 0 aliphatic heterocycles. The van der Waals surface area contributed by atoms with E-state index >= 15 is 0 Å². The highest BCUT2D eigenvalue weighted by Crippen LogP contribution is 1.85. The van der Waals surface area contributed by atoms with Crippen LogP contribution in [-0.4, -0.2) is 24.5 Å². The third kappa shape index (κ3) is 4.21. The molecule has 12 heavy (non-hydrogen) atoms. The van der Waals surface area contributed by atoms with E-state index in [0.717, 1.165) is 6.92 Å². The normalized spacial score (nSPS) is 8.42. The zero-order valence-corrected chi connectivity index (χ0v) is 6.53. The smallest absolute Gasteiger partial charge is 0.425 e. The van der Waals surface area contributed by atoms with Crippen LogP contribution < -0.4 is 0 Å². The Hall–Kier alpha value is -1.65. The summed E-state index contributed by atoms with van der Waals surface area (Å²) in [5.41, 5.74) is 0. The minimum atomic E-state index is -1.32. The molecule has 0 fully saturated rings. The zero-order chi connectivity index (χ0) is 9.56. The van der Waals surface area contributed by atoms with E-state index in [0.29, 0.717) is 0 Å². The van der Waals surface area contributed by atoms with Gasteiger partial charge in [0.15, 0.2) is 0 Å². The predicted molar refractivity (Wildman–Crippen MR) is 37.9 cm³/mol. The first-order valence-corrected chi connectivity index (χ1v) is 3.08. The molecule has 0 saturated carbocycles. The van der Waals surface area contributed by atoms with Gasteiger partial charge in [0.2, 0.25) is 0 Å². The molecule has 0 atom stereocenters. The van der Waals surface area contributed by atoms with Crippen LogP contribution in [0.25, 0.3) is 0 Å². The summed E-state index contributed by atoms with van der Waals surface area (Å²) in [7, 11) is 0. The van der Waals surface area contributed by atoms with Gasteiger partial charge >= 0.3 is 17.9 Å². The second-order valence-electron chi connectivity index (χ2n) is 1.77. The first kappa shape index (κ1) is 10.3. The van der Waals surface area contributed by atoms with Crippen molar-refractivity contribution in [3.8, 4) is 0 Å². The Morgan fingerprint density at radius 2 is 1.92 bits per heavy atom. The molecular weight excluding hydrogens is 164 g/mol. The van der Waals surface area contributed by atoms with Crippen LogP contribution in [-0.2, 0) is 23.9 Å². The van der Waals surface area contributed by atoms with Crippen LogP contribution in [0, 0.1) is 0 Å². The van der Waals surface area contributed by atoms with Crippen molar-refractivity contribution in [3.05, 3.63) is 12.7 Å². The maximum atomic E-state index is 10.5. The average Bonchev–Trinajstić information content (AvgIpc) is 1.98. The summed E-state index contributed by atoms with van der Waals surface area (Å²) in [4.78, 5) is 31.2. The number of carbonyl (C=O) groups is 3. The standard InChI is InChI=1S/C7H8O5/c1-3-4-11-6(9)7(10)12-5(2)8/h3H,1,4H2,2H3. The van der Waals surface area contributed by atoms with E-state index in [9.17, 15) is 14.4 Å². The number of ether oxygens (including phenoxy) is 2. The molecule has 0 aromatic rings. The molecule has 0 amide bonds. The maximum absolute atomic E-state index is 10.5. The third-order valence-electron chi connectivity index (χ3n) is 0.735. The van der Waals surface area contributed by atoms with Crippen molar-refractivity contribution in [2.75, 3.05) is 6.61 Å². The molecule has 0 aromatic heterocycles. The molecule has 0 bridgehead atoms. The lowest BCUT2D eigenvalue weighted by molar-refractivity contribution is -0.172. The van der Waals surface area contributed by atoms with E-state index < -0.39 is 17.9 Å². The lowest BCUT2D eigenvalue weighted by Crippen LogP contribution is -2.22. The minimum Gasteiger partial charge on any atom is -0.453 e. The summed E-state index contributed by atoms with van der Waals surface area (Å²) in [5, 5.41) is 0. The van der Waals surface area contributed by atoms with Gasteiger partial charge in [-0.2, -0.15) is 0 Å². The molecule has 0 heterocycles. The van der Waals surface area contributed by atoms with E-state index in [-0.39, 0.29) is 6.61 Å². The van der Waals surface area contributed by atoms with Gasteiger partial charge in [-0.1, -0.05) is 12.7 Å². The van der Waals surface area contributed by atoms with E-state index in [1.807, 2.05) is 0 Å². The van der Waals surface area contributed by atoms with Crippen LogP contribution in [0.2, 0.25) is 0 Å². The van der Waals surface area contributed by atoms with Gasteiger partial charge in [0.1, 0.15) is 6.61 Å². The summed E-state index contributed by atoms with van der Waals surface area (Å²) in [6, 6.07) is 0. The summed E-state index contributed by atoms with van der Waals surface area (Å²) >= 11 is 0. The highest BCUT2D eigenvalue weighted by Gasteiger charge is 2.18. The van der Waals surface area contributed by atoms with Crippen molar-refractivity contribution in [1.29, 1.82) is 0 Å². The molecule has 0 saturated heterocycles. The monoisotopic (exact) mass is 172 g/mol. The van der Waals surface area contributed by atoms with Crippen LogP contribution in [0.5, 0.6) is 0 Å². The van der Waals surface area contributed by atoms with Gasteiger partial charge in [-0.25, -0.2) is 9.59 Å². The summed E-state index contributed by atoms with van der Waals surface area (Å²) in [6.45, 7) is 4.18. The predicted octanol–water partition coefficient (Wildman–Crippen LogP) is -0.195. The molecule has 0 aliphatic rings. The van der Waals surface area contributed by atoms with Crippen molar-refractivity contribution in [3.63, 3.8) is 0 Å². The minimum absolute atomic E-state index is 0.0914. The number of hydrogen-bond donors (Lipinski definition) is 0. The fourth-order valence-electron chi connectivity index (χ4n) is 0.366. The third-order valence-corrected chi connectivity index (χ3v) is 0.735. The Morgan fingerprint density at radius 3 is 2.33 bits per heavy atom. The largest absolute Gasteiger partial charge is 0.453 e. The number of carbonyl (C=O) groups excluding carboxylic acids is 3. The fraction of sp³-hybridized carbons (Fsp3) is 0.286. The lowest BCUT2D eigenvalue weighted by Gasteiger charge is -1.98. The maximum Gasteiger partial charge on any atom is 0.425 e. The van der Waals surface area contributed by atoms with Crippen molar-refractivity contribution in [1.82, 2.24) is 0 Å². The van der Waals surface area contributed by atoms with Gasteiger partial charge in [0.25, 0.3) is 0 Å². The number of hydrogen-bond acceptors (Lipinski definition) is 5. The van der Waals surface area contributed by atoms with E-state index in [1.165, 1.54) is 6.08 Å². The second-order valence-corrected chi connectivity index (χ2v) is 1.77. The molecule has 0 aliphatic carbocycles. The number of esters is 3. The Morgan fingerprint density at radius 1 is 1.33 bits per heavy atom. The average molecular weight is 172 g/mol. The van der Waals surface area contributed by atoms with Crippen LogP contribution >= 0.6 is 0 Å². The molecule has 0 aromatic carbocycles. The van der Waals surface area contributed by atoms with Gasteiger partial charge < -0.3 is 9.47 Å². The Bertz CT molecular complexity index is 218. The van der Waals surface area contributed by atoms with Crippen LogP contribution in [0.3, 0.4) is 0 Å². The molecular formula is C7H8O5. The topological polar surface area (TPSA) is 69.7 Å². The van der Waals surface area contributed by atoms with Crippen molar-refractivity contribution in [2.45, 2.75) is 6.92 Å². The quantitative estimate of drug-likeness (QED) is 0.250. The molecule has 0 spiro atoms. The fourth-order valence-corrected chi connectivity index (χ4v) is 0.366. The molecule has 0 radical (unpaired) electrons. The Labute approximate surface area is 69.0 Å². The van der Waals surface area contributed by atoms with E-state index in [4.69, 9.17) is 0 Å². The molecule has 0 N–H and O–H groups in total. The van der Waals surface area contributed by atoms with Gasteiger partial charge in [0, 0.05) is 6.92 Å². The van der Waals surface area contributed by atoms with Gasteiger partial charge in [-0.15, -0.1) is 0 Å². The van der Waals surface area contributed by atoms with Crippen LogP contribution in [0.4, 0.5) is 0 Å². The first-order valence-electron chi connectivity index (χ1n) is 3.08. The van der Waals surface area contributed by atoms with Crippen molar-refractivity contribution < 1.29 is 23.9 Å². The van der Waals surface area contributed by atoms with E-state index in [1.54, 1.807) is 0 Å². The molecule has 5 nitrogen and oxygen atoms in total. The molecule has 0 unspecified atom stereocenters. The number of rotatable bonds is 2. The van der Waals surface area contributed by atoms with Crippen molar-refractivity contribution >= 4 is 17.9 Å². The van der Waals surface area contributed by atoms with Gasteiger partial charge in [-0.05, 0) is 0 Å². The molecule has 5 heteroatoms.